The fourth-order valence-electron chi connectivity index (χ4n) is 4.84. The zero-order chi connectivity index (χ0) is 19.9. The average molecular weight is 388 g/mol. The van der Waals surface area contributed by atoms with Gasteiger partial charge in [-0.1, -0.05) is 48.5 Å². The van der Waals surface area contributed by atoms with Crippen LogP contribution < -0.4 is 0 Å². The van der Waals surface area contributed by atoms with Crippen molar-refractivity contribution >= 4 is 5.91 Å². The summed E-state index contributed by atoms with van der Waals surface area (Å²) in [5.41, 5.74) is 0.563. The highest BCUT2D eigenvalue weighted by molar-refractivity contribution is 5.79. The van der Waals surface area contributed by atoms with Gasteiger partial charge < -0.3 is 4.90 Å². The minimum absolute atomic E-state index is 0.0498. The number of hydrogen-bond donors (Lipinski definition) is 0. The maximum absolute atomic E-state index is 13.2. The lowest BCUT2D eigenvalue weighted by Gasteiger charge is -2.27. The van der Waals surface area contributed by atoms with Gasteiger partial charge in [0.1, 0.15) is 0 Å². The minimum atomic E-state index is -4.44. The van der Waals surface area contributed by atoms with Gasteiger partial charge >= 0.3 is 6.18 Å². The van der Waals surface area contributed by atoms with Gasteiger partial charge in [-0.05, 0) is 30.2 Å². The molecule has 0 radical (unpaired) electrons. The number of hydrogen-bond acceptors (Lipinski definition) is 2. The van der Waals surface area contributed by atoms with E-state index in [2.05, 4.69) is 24.1 Å². The second-order valence-corrected chi connectivity index (χ2v) is 7.85. The highest BCUT2D eigenvalue weighted by Gasteiger charge is 2.47. The number of nitrogens with zero attached hydrogens (tertiary/aromatic N) is 2. The van der Waals surface area contributed by atoms with Gasteiger partial charge in [-0.2, -0.15) is 13.2 Å². The van der Waals surface area contributed by atoms with Crippen molar-refractivity contribution in [1.82, 2.24) is 9.80 Å². The molecule has 3 atom stereocenters. The molecule has 0 N–H and O–H groups in total. The molecular weight excluding hydrogens is 365 g/mol. The Morgan fingerprint density at radius 2 is 1.68 bits per heavy atom. The molecule has 2 aliphatic heterocycles. The number of benzene rings is 2. The molecule has 0 aromatic heterocycles. The molecule has 2 aromatic carbocycles. The van der Waals surface area contributed by atoms with E-state index in [1.165, 1.54) is 17.7 Å². The van der Waals surface area contributed by atoms with Crippen molar-refractivity contribution in [1.29, 1.82) is 0 Å². The normalized spacial score (nSPS) is 25.1. The van der Waals surface area contributed by atoms with E-state index in [-0.39, 0.29) is 23.9 Å². The van der Waals surface area contributed by atoms with Crippen molar-refractivity contribution in [3.05, 3.63) is 71.3 Å². The van der Waals surface area contributed by atoms with Crippen LogP contribution in [-0.4, -0.2) is 42.4 Å². The first-order valence-corrected chi connectivity index (χ1v) is 9.52. The summed E-state index contributed by atoms with van der Waals surface area (Å²) in [6.07, 6.45) is -4.65. The molecule has 2 fully saturated rings. The number of carbonyl (C=O) groups is 1. The topological polar surface area (TPSA) is 23.6 Å². The Morgan fingerprint density at radius 1 is 1.00 bits per heavy atom. The van der Waals surface area contributed by atoms with Crippen LogP contribution in [0.15, 0.2) is 54.6 Å². The fourth-order valence-corrected chi connectivity index (χ4v) is 4.84. The molecule has 0 saturated carbocycles. The molecule has 2 heterocycles. The summed E-state index contributed by atoms with van der Waals surface area (Å²) in [6.45, 7) is 2.11. The summed E-state index contributed by atoms with van der Waals surface area (Å²) >= 11 is 0. The summed E-state index contributed by atoms with van der Waals surface area (Å²) in [7, 11) is 2.10. The van der Waals surface area contributed by atoms with Crippen LogP contribution in [-0.2, 0) is 17.4 Å². The SMILES string of the molecule is CN1C[C@H]2CN(C(=O)Cc3ccccc3C(F)(F)F)C[C@H]2[C@@H]1c1ccccc1. The lowest BCUT2D eigenvalue weighted by Crippen LogP contribution is -2.34. The Labute approximate surface area is 162 Å². The van der Waals surface area contributed by atoms with E-state index >= 15 is 0 Å². The predicted molar refractivity (Wildman–Crippen MR) is 101 cm³/mol. The Hall–Kier alpha value is -2.34. The van der Waals surface area contributed by atoms with Gasteiger partial charge in [0.2, 0.25) is 5.91 Å². The molecule has 1 amide bonds. The third-order valence-electron chi connectivity index (χ3n) is 6.05. The monoisotopic (exact) mass is 388 g/mol. The maximum Gasteiger partial charge on any atom is 0.416 e. The Balaban J connectivity index is 1.49. The van der Waals surface area contributed by atoms with Crippen LogP contribution >= 0.6 is 0 Å². The van der Waals surface area contributed by atoms with E-state index in [0.29, 0.717) is 24.9 Å². The molecule has 2 saturated heterocycles. The van der Waals surface area contributed by atoms with Crippen molar-refractivity contribution in [3.63, 3.8) is 0 Å². The molecule has 28 heavy (non-hydrogen) atoms. The molecule has 148 valence electrons. The molecule has 2 aliphatic rings. The molecule has 6 heteroatoms. The first kappa shape index (κ1) is 19.0. The van der Waals surface area contributed by atoms with E-state index in [1.807, 2.05) is 18.2 Å². The molecule has 0 unspecified atom stereocenters. The third-order valence-corrected chi connectivity index (χ3v) is 6.05. The maximum atomic E-state index is 13.2. The summed E-state index contributed by atoms with van der Waals surface area (Å²) in [5, 5.41) is 0. The van der Waals surface area contributed by atoms with Crippen molar-refractivity contribution in [2.24, 2.45) is 11.8 Å². The standard InChI is InChI=1S/C22H23F3N2O/c1-26-12-17-13-27(14-18(17)21(26)15-7-3-2-4-8-15)20(28)11-16-9-5-6-10-19(16)22(23,24)25/h2-10,17-18,21H,11-14H2,1H3/t17-,18+,21-/m0/s1. The summed E-state index contributed by atoms with van der Waals surface area (Å²) < 4.78 is 39.6. The van der Waals surface area contributed by atoms with Crippen LogP contribution in [0.4, 0.5) is 13.2 Å². The van der Waals surface area contributed by atoms with E-state index in [1.54, 1.807) is 11.0 Å². The minimum Gasteiger partial charge on any atom is -0.342 e. The summed E-state index contributed by atoms with van der Waals surface area (Å²) in [5.74, 6) is 0.451. The number of alkyl halides is 3. The van der Waals surface area contributed by atoms with Gasteiger partial charge in [-0.15, -0.1) is 0 Å². The number of fused-ring (bicyclic) bond motifs is 1. The number of halogens is 3. The molecule has 0 spiro atoms. The second kappa shape index (κ2) is 7.24. The van der Waals surface area contributed by atoms with Gasteiger partial charge in [-0.3, -0.25) is 9.69 Å². The van der Waals surface area contributed by atoms with E-state index in [9.17, 15) is 18.0 Å². The van der Waals surface area contributed by atoms with Crippen LogP contribution in [0.2, 0.25) is 0 Å². The first-order chi connectivity index (χ1) is 13.3. The highest BCUT2D eigenvalue weighted by atomic mass is 19.4. The van der Waals surface area contributed by atoms with Crippen LogP contribution in [0.3, 0.4) is 0 Å². The lowest BCUT2D eigenvalue weighted by atomic mass is 9.90. The molecule has 2 aromatic rings. The van der Waals surface area contributed by atoms with Crippen molar-refractivity contribution in [2.45, 2.75) is 18.6 Å². The zero-order valence-corrected chi connectivity index (χ0v) is 15.7. The highest BCUT2D eigenvalue weighted by Crippen LogP contribution is 2.44. The number of likely N-dealkylation sites (tertiary alicyclic amines) is 2. The van der Waals surface area contributed by atoms with Gasteiger partial charge in [0.25, 0.3) is 0 Å². The lowest BCUT2D eigenvalue weighted by molar-refractivity contribution is -0.138. The van der Waals surface area contributed by atoms with Crippen LogP contribution in [0.5, 0.6) is 0 Å². The van der Waals surface area contributed by atoms with Crippen LogP contribution in [0.25, 0.3) is 0 Å². The van der Waals surface area contributed by atoms with Crippen molar-refractivity contribution in [2.75, 3.05) is 26.7 Å². The van der Waals surface area contributed by atoms with Crippen LogP contribution in [0, 0.1) is 11.8 Å². The van der Waals surface area contributed by atoms with Gasteiger partial charge in [-0.25, -0.2) is 0 Å². The van der Waals surface area contributed by atoms with Crippen molar-refractivity contribution < 1.29 is 18.0 Å². The molecule has 0 bridgehead atoms. The van der Waals surface area contributed by atoms with E-state index in [4.69, 9.17) is 0 Å². The predicted octanol–water partition coefficient (Wildman–Crippen LogP) is 4.01. The zero-order valence-electron chi connectivity index (χ0n) is 15.7. The Morgan fingerprint density at radius 3 is 2.39 bits per heavy atom. The molecule has 0 aliphatic carbocycles. The summed E-state index contributed by atoms with van der Waals surface area (Å²) in [6, 6.07) is 15.8. The molecule has 3 nitrogen and oxygen atoms in total. The number of carbonyl (C=O) groups excluding carboxylic acids is 1. The van der Waals surface area contributed by atoms with E-state index < -0.39 is 11.7 Å². The molecule has 4 rings (SSSR count). The van der Waals surface area contributed by atoms with Gasteiger partial charge in [0.05, 0.1) is 12.0 Å². The van der Waals surface area contributed by atoms with Gasteiger partial charge in [0.15, 0.2) is 0 Å². The van der Waals surface area contributed by atoms with Crippen LogP contribution in [0.1, 0.15) is 22.7 Å². The van der Waals surface area contributed by atoms with Crippen molar-refractivity contribution in [3.8, 4) is 0 Å². The fraction of sp³-hybridized carbons (Fsp3) is 0.409. The smallest absolute Gasteiger partial charge is 0.342 e. The quantitative estimate of drug-likeness (QED) is 0.793. The first-order valence-electron chi connectivity index (χ1n) is 9.52. The van der Waals surface area contributed by atoms with Gasteiger partial charge in [0, 0.05) is 31.6 Å². The Kier molecular flexibility index (Phi) is 4.91. The molecular formula is C22H23F3N2O. The summed E-state index contributed by atoms with van der Waals surface area (Å²) in [4.78, 5) is 16.9. The second-order valence-electron chi connectivity index (χ2n) is 7.85. The number of rotatable bonds is 3. The largest absolute Gasteiger partial charge is 0.416 e. The Bertz CT molecular complexity index is 852. The number of amides is 1. The third kappa shape index (κ3) is 3.53. The average Bonchev–Trinajstić information content (AvgIpc) is 3.18. The van der Waals surface area contributed by atoms with E-state index in [0.717, 1.165) is 12.6 Å².